The molecule has 94 valence electrons. The second kappa shape index (κ2) is 5.50. The van der Waals surface area contributed by atoms with Crippen molar-refractivity contribution in [3.8, 4) is 0 Å². The molecule has 1 aliphatic carbocycles. The average Bonchev–Trinajstić information content (AvgIpc) is 3.07. The number of nitrogens with zero attached hydrogens (tertiary/aromatic N) is 1. The van der Waals surface area contributed by atoms with Crippen LogP contribution in [0.25, 0.3) is 0 Å². The van der Waals surface area contributed by atoms with Crippen molar-refractivity contribution in [1.29, 1.82) is 0 Å². The van der Waals surface area contributed by atoms with E-state index in [1.165, 1.54) is 45.3 Å². The first-order valence-electron chi connectivity index (χ1n) is 7.18. The lowest BCUT2D eigenvalue weighted by Crippen LogP contribution is -2.56. The number of hydrogen-bond donors (Lipinski definition) is 1. The monoisotopic (exact) mass is 224 g/mol. The van der Waals surface area contributed by atoms with Crippen LogP contribution in [0.5, 0.6) is 0 Å². The topological polar surface area (TPSA) is 15.3 Å². The van der Waals surface area contributed by atoms with Gasteiger partial charge >= 0.3 is 0 Å². The van der Waals surface area contributed by atoms with Crippen molar-refractivity contribution in [1.82, 2.24) is 10.2 Å². The minimum Gasteiger partial charge on any atom is -0.311 e. The van der Waals surface area contributed by atoms with E-state index in [2.05, 4.69) is 31.0 Å². The Morgan fingerprint density at radius 3 is 2.75 bits per heavy atom. The van der Waals surface area contributed by atoms with Crippen LogP contribution in [0.1, 0.15) is 46.5 Å². The van der Waals surface area contributed by atoms with Gasteiger partial charge < -0.3 is 5.32 Å². The Morgan fingerprint density at radius 1 is 1.38 bits per heavy atom. The first-order valence-corrected chi connectivity index (χ1v) is 7.18. The smallest absolute Gasteiger partial charge is 0.0195 e. The molecular weight excluding hydrogens is 196 g/mol. The summed E-state index contributed by atoms with van der Waals surface area (Å²) in [6, 6.07) is 1.47. The van der Waals surface area contributed by atoms with Crippen LogP contribution in [0.4, 0.5) is 0 Å². The van der Waals surface area contributed by atoms with Crippen molar-refractivity contribution in [3.63, 3.8) is 0 Å². The Morgan fingerprint density at radius 2 is 2.12 bits per heavy atom. The summed E-state index contributed by atoms with van der Waals surface area (Å²) in [6.07, 6.45) is 5.61. The highest BCUT2D eigenvalue weighted by molar-refractivity contribution is 4.87. The van der Waals surface area contributed by atoms with E-state index in [1.54, 1.807) is 0 Å². The van der Waals surface area contributed by atoms with E-state index in [1.807, 2.05) is 0 Å². The van der Waals surface area contributed by atoms with Crippen molar-refractivity contribution < 1.29 is 0 Å². The van der Waals surface area contributed by atoms with E-state index >= 15 is 0 Å². The zero-order valence-electron chi connectivity index (χ0n) is 11.2. The first kappa shape index (κ1) is 12.4. The van der Waals surface area contributed by atoms with E-state index < -0.39 is 0 Å². The van der Waals surface area contributed by atoms with E-state index in [9.17, 15) is 0 Å². The molecule has 0 aromatic carbocycles. The molecule has 2 fully saturated rings. The Bertz CT molecular complexity index is 213. The molecule has 2 heteroatoms. The molecular formula is C14H28N2. The third-order valence-corrected chi connectivity index (χ3v) is 4.37. The molecule has 16 heavy (non-hydrogen) atoms. The minimum atomic E-state index is 0.731. The van der Waals surface area contributed by atoms with E-state index in [-0.39, 0.29) is 0 Å². The summed E-state index contributed by atoms with van der Waals surface area (Å²) >= 11 is 0. The molecule has 1 saturated heterocycles. The van der Waals surface area contributed by atoms with Crippen molar-refractivity contribution in [2.75, 3.05) is 19.6 Å². The van der Waals surface area contributed by atoms with Crippen LogP contribution >= 0.6 is 0 Å². The number of rotatable bonds is 5. The molecule has 2 nitrogen and oxygen atoms in total. The third-order valence-electron chi connectivity index (χ3n) is 4.37. The largest absolute Gasteiger partial charge is 0.311 e. The molecule has 1 aliphatic heterocycles. The second-order valence-electron chi connectivity index (χ2n) is 6.01. The molecule has 1 saturated carbocycles. The van der Waals surface area contributed by atoms with Crippen LogP contribution in [0.15, 0.2) is 0 Å². The van der Waals surface area contributed by atoms with Gasteiger partial charge in [0.2, 0.25) is 0 Å². The van der Waals surface area contributed by atoms with E-state index in [0.29, 0.717) is 0 Å². The maximum absolute atomic E-state index is 3.68. The minimum absolute atomic E-state index is 0.731. The number of nitrogens with one attached hydrogen (secondary N) is 1. The fourth-order valence-electron chi connectivity index (χ4n) is 2.97. The summed E-state index contributed by atoms with van der Waals surface area (Å²) < 4.78 is 0. The van der Waals surface area contributed by atoms with Crippen LogP contribution in [-0.2, 0) is 0 Å². The number of hydrogen-bond acceptors (Lipinski definition) is 2. The molecule has 0 amide bonds. The summed E-state index contributed by atoms with van der Waals surface area (Å²) in [6.45, 7) is 10.9. The summed E-state index contributed by atoms with van der Waals surface area (Å²) in [7, 11) is 0. The van der Waals surface area contributed by atoms with Gasteiger partial charge in [-0.15, -0.1) is 0 Å². The van der Waals surface area contributed by atoms with E-state index in [0.717, 1.165) is 23.9 Å². The molecule has 0 aromatic rings. The van der Waals surface area contributed by atoms with Gasteiger partial charge in [0, 0.05) is 31.7 Å². The van der Waals surface area contributed by atoms with Gasteiger partial charge in [0.25, 0.3) is 0 Å². The van der Waals surface area contributed by atoms with E-state index in [4.69, 9.17) is 0 Å². The van der Waals surface area contributed by atoms with Gasteiger partial charge in [-0.05, 0) is 38.0 Å². The van der Waals surface area contributed by atoms with Gasteiger partial charge in [-0.2, -0.15) is 0 Å². The van der Waals surface area contributed by atoms with Crippen molar-refractivity contribution in [3.05, 3.63) is 0 Å². The van der Waals surface area contributed by atoms with Crippen LogP contribution in [-0.4, -0.2) is 36.6 Å². The quantitative estimate of drug-likeness (QED) is 0.772. The van der Waals surface area contributed by atoms with Crippen LogP contribution in [0.2, 0.25) is 0 Å². The van der Waals surface area contributed by atoms with Gasteiger partial charge in [-0.1, -0.05) is 20.3 Å². The zero-order chi connectivity index (χ0) is 11.5. The lowest BCUT2D eigenvalue weighted by Gasteiger charge is -2.40. The Hall–Kier alpha value is -0.0800. The molecule has 0 radical (unpaired) electrons. The summed E-state index contributed by atoms with van der Waals surface area (Å²) in [5, 5.41) is 3.68. The molecule has 1 heterocycles. The highest BCUT2D eigenvalue weighted by Crippen LogP contribution is 2.37. The third kappa shape index (κ3) is 3.21. The fourth-order valence-corrected chi connectivity index (χ4v) is 2.97. The molecule has 0 bridgehead atoms. The van der Waals surface area contributed by atoms with Crippen LogP contribution in [0.3, 0.4) is 0 Å². The van der Waals surface area contributed by atoms with Gasteiger partial charge in [-0.25, -0.2) is 0 Å². The van der Waals surface area contributed by atoms with Gasteiger partial charge in [0.1, 0.15) is 0 Å². The van der Waals surface area contributed by atoms with Crippen molar-refractivity contribution in [2.24, 2.45) is 11.8 Å². The molecule has 3 unspecified atom stereocenters. The molecule has 0 spiro atoms. The summed E-state index contributed by atoms with van der Waals surface area (Å²) in [5.41, 5.74) is 0. The highest BCUT2D eigenvalue weighted by Gasteiger charge is 2.32. The summed E-state index contributed by atoms with van der Waals surface area (Å²) in [4.78, 5) is 2.72. The Kier molecular flexibility index (Phi) is 4.26. The predicted octanol–water partition coefficient (Wildman–Crippen LogP) is 2.49. The van der Waals surface area contributed by atoms with Crippen LogP contribution in [0, 0.1) is 11.8 Å². The number of piperazine rings is 1. The van der Waals surface area contributed by atoms with Gasteiger partial charge in [0.05, 0.1) is 0 Å². The summed E-state index contributed by atoms with van der Waals surface area (Å²) in [5.74, 6) is 1.97. The Balaban J connectivity index is 1.80. The normalized spacial score (nSPS) is 33.9. The maximum atomic E-state index is 3.68. The average molecular weight is 224 g/mol. The fraction of sp³-hybridized carbons (Fsp3) is 1.00. The van der Waals surface area contributed by atoms with Gasteiger partial charge in [-0.3, -0.25) is 4.90 Å². The van der Waals surface area contributed by atoms with Crippen molar-refractivity contribution >= 4 is 0 Å². The SMILES string of the molecule is CCCC1CN(CC(C)C2CC2)C(C)CN1. The van der Waals surface area contributed by atoms with Crippen LogP contribution < -0.4 is 5.32 Å². The molecule has 3 atom stereocenters. The zero-order valence-corrected chi connectivity index (χ0v) is 11.2. The highest BCUT2D eigenvalue weighted by atomic mass is 15.2. The molecule has 1 N–H and O–H groups in total. The first-order chi connectivity index (χ1) is 7.70. The lowest BCUT2D eigenvalue weighted by molar-refractivity contribution is 0.115. The maximum Gasteiger partial charge on any atom is 0.0195 e. The standard InChI is InChI=1S/C14H28N2/c1-4-5-14-10-16(12(3)8-15-14)9-11(2)13-6-7-13/h11-15H,4-10H2,1-3H3. The predicted molar refractivity (Wildman–Crippen MR) is 69.6 cm³/mol. The van der Waals surface area contributed by atoms with Crippen molar-refractivity contribution in [2.45, 2.75) is 58.5 Å². The van der Waals surface area contributed by atoms with Gasteiger partial charge in [0.15, 0.2) is 0 Å². The molecule has 2 rings (SSSR count). The molecule has 0 aromatic heterocycles. The lowest BCUT2D eigenvalue weighted by atomic mass is 10.0. The Labute approximate surface area is 101 Å². The second-order valence-corrected chi connectivity index (χ2v) is 6.01. The molecule has 2 aliphatic rings.